The van der Waals surface area contributed by atoms with Gasteiger partial charge >= 0.3 is 0 Å². The number of fused-ring (bicyclic) bond motifs is 4. The molecule has 1 aliphatic carbocycles. The molecule has 0 fully saturated rings. The van der Waals surface area contributed by atoms with Crippen LogP contribution < -0.4 is 0 Å². The summed E-state index contributed by atoms with van der Waals surface area (Å²) in [6, 6.07) is 69.4. The molecule has 1 aliphatic rings. The number of aromatic nitrogens is 2. The minimum absolute atomic E-state index is 0.0958. The highest BCUT2D eigenvalue weighted by Crippen LogP contribution is 2.53. The molecule has 55 heavy (non-hydrogen) atoms. The van der Waals surface area contributed by atoms with E-state index in [1.165, 1.54) is 44.2 Å². The molecule has 0 saturated heterocycles. The first-order chi connectivity index (χ1) is 27.0. The van der Waals surface area contributed by atoms with E-state index in [0.717, 1.165) is 50.3 Å². The normalized spacial score (nSPS) is 12.7. The Hall–Kier alpha value is -6.90. The number of rotatable bonds is 6. The first-order valence-corrected chi connectivity index (χ1v) is 19.0. The molecule has 10 rings (SSSR count). The van der Waals surface area contributed by atoms with Gasteiger partial charge in [0, 0.05) is 22.1 Å². The molecule has 0 saturated carbocycles. The van der Waals surface area contributed by atoms with Gasteiger partial charge in [-0.15, -0.1) is 0 Å². The smallest absolute Gasteiger partial charge is 0.160 e. The van der Waals surface area contributed by atoms with E-state index in [-0.39, 0.29) is 5.41 Å². The van der Waals surface area contributed by atoms with E-state index in [9.17, 15) is 0 Å². The summed E-state index contributed by atoms with van der Waals surface area (Å²) < 4.78 is 0. The zero-order valence-corrected chi connectivity index (χ0v) is 30.9. The third-order valence-corrected chi connectivity index (χ3v) is 11.3. The van der Waals surface area contributed by atoms with Crippen LogP contribution in [0.15, 0.2) is 194 Å². The number of benzene rings is 8. The van der Waals surface area contributed by atoms with Crippen molar-refractivity contribution in [1.82, 2.24) is 9.97 Å². The van der Waals surface area contributed by atoms with Crippen molar-refractivity contribution >= 4 is 10.8 Å². The maximum Gasteiger partial charge on any atom is 0.160 e. The molecule has 0 aliphatic heterocycles. The van der Waals surface area contributed by atoms with Crippen molar-refractivity contribution in [3.05, 3.63) is 205 Å². The van der Waals surface area contributed by atoms with Crippen LogP contribution in [0.2, 0.25) is 0 Å². The van der Waals surface area contributed by atoms with Crippen LogP contribution in [0.5, 0.6) is 0 Å². The molecular formula is C53H38N2. The Morgan fingerprint density at radius 2 is 0.782 bits per heavy atom. The lowest BCUT2D eigenvalue weighted by atomic mass is 9.81. The first-order valence-electron chi connectivity index (χ1n) is 19.0. The molecule has 0 amide bonds. The van der Waals surface area contributed by atoms with Gasteiger partial charge < -0.3 is 0 Å². The van der Waals surface area contributed by atoms with Gasteiger partial charge in [0.1, 0.15) is 0 Å². The summed E-state index contributed by atoms with van der Waals surface area (Å²) in [5, 5.41) is 2.55. The van der Waals surface area contributed by atoms with E-state index in [4.69, 9.17) is 9.97 Å². The van der Waals surface area contributed by atoms with E-state index >= 15 is 0 Å². The molecule has 0 unspecified atom stereocenters. The molecule has 1 heterocycles. The highest BCUT2D eigenvalue weighted by Gasteiger charge is 2.37. The Kier molecular flexibility index (Phi) is 7.85. The van der Waals surface area contributed by atoms with Gasteiger partial charge in [-0.3, -0.25) is 0 Å². The lowest BCUT2D eigenvalue weighted by Gasteiger charge is -2.22. The van der Waals surface area contributed by atoms with Crippen LogP contribution in [0.1, 0.15) is 25.0 Å². The summed E-state index contributed by atoms with van der Waals surface area (Å²) in [7, 11) is 0. The van der Waals surface area contributed by atoms with E-state index in [1.54, 1.807) is 0 Å². The maximum atomic E-state index is 5.31. The van der Waals surface area contributed by atoms with Crippen molar-refractivity contribution in [2.45, 2.75) is 19.3 Å². The van der Waals surface area contributed by atoms with Crippen LogP contribution in [0.4, 0.5) is 0 Å². The van der Waals surface area contributed by atoms with Crippen molar-refractivity contribution < 1.29 is 0 Å². The first kappa shape index (κ1) is 32.7. The lowest BCUT2D eigenvalue weighted by Crippen LogP contribution is -2.14. The minimum atomic E-state index is -0.0958. The second-order valence-electron chi connectivity index (χ2n) is 15.0. The van der Waals surface area contributed by atoms with Gasteiger partial charge in [-0.05, 0) is 84.6 Å². The van der Waals surface area contributed by atoms with Gasteiger partial charge in [-0.25, -0.2) is 9.97 Å². The molecule has 0 radical (unpaired) electrons. The van der Waals surface area contributed by atoms with Crippen LogP contribution in [-0.2, 0) is 5.41 Å². The van der Waals surface area contributed by atoms with Crippen LogP contribution in [-0.4, -0.2) is 9.97 Å². The summed E-state index contributed by atoms with van der Waals surface area (Å²) in [5.74, 6) is 0.695. The van der Waals surface area contributed by atoms with Crippen LogP contribution in [0, 0.1) is 0 Å². The zero-order chi connectivity index (χ0) is 36.9. The summed E-state index contributed by atoms with van der Waals surface area (Å²) in [5.41, 5.74) is 17.2. The number of nitrogens with zero attached hydrogens (tertiary/aromatic N) is 2. The summed E-state index contributed by atoms with van der Waals surface area (Å²) in [4.78, 5) is 10.6. The molecule has 0 atom stereocenters. The Morgan fingerprint density at radius 3 is 1.36 bits per heavy atom. The molecule has 2 nitrogen and oxygen atoms in total. The predicted octanol–water partition coefficient (Wildman–Crippen LogP) is 13.9. The van der Waals surface area contributed by atoms with E-state index in [1.807, 2.05) is 0 Å². The van der Waals surface area contributed by atoms with E-state index in [2.05, 4.69) is 208 Å². The summed E-state index contributed by atoms with van der Waals surface area (Å²) in [6.45, 7) is 4.71. The molecule has 0 N–H and O–H groups in total. The molecule has 0 spiro atoms. The minimum Gasteiger partial charge on any atom is -0.228 e. The highest BCUT2D eigenvalue weighted by atomic mass is 14.9. The molecule has 260 valence electrons. The molecule has 1 aromatic heterocycles. The standard InChI is InChI=1S/C53H38N2/c1-53(2)47-27-15-26-43(51(47)46-32-39-20-9-10-21-40(39)33-48(46)53)37-28-30-38(31-29-37)52-54-49(44-24-13-11-22-41(44)35-16-5-3-6-17-35)34-50(55-52)45-25-14-12-23-42(45)36-18-7-4-8-19-36/h3-34H,1-2H3. The third kappa shape index (κ3) is 5.66. The van der Waals surface area contributed by atoms with E-state index in [0.29, 0.717) is 5.82 Å². The van der Waals surface area contributed by atoms with Crippen LogP contribution >= 0.6 is 0 Å². The third-order valence-electron chi connectivity index (χ3n) is 11.3. The monoisotopic (exact) mass is 702 g/mol. The SMILES string of the molecule is CC1(C)c2cc3ccccc3cc2-c2c(-c3ccc(-c4nc(-c5ccccc5-c5ccccc5)cc(-c5ccccc5-c5ccccc5)n4)cc3)cccc21. The highest BCUT2D eigenvalue weighted by molar-refractivity contribution is 5.98. The molecular weight excluding hydrogens is 665 g/mol. The van der Waals surface area contributed by atoms with Gasteiger partial charge in [0.25, 0.3) is 0 Å². The average Bonchev–Trinajstić information content (AvgIpc) is 3.48. The average molecular weight is 703 g/mol. The lowest BCUT2D eigenvalue weighted by molar-refractivity contribution is 0.661. The van der Waals surface area contributed by atoms with Gasteiger partial charge in [-0.1, -0.05) is 190 Å². The molecule has 2 heteroatoms. The Labute approximate surface area is 322 Å². The van der Waals surface area contributed by atoms with Gasteiger partial charge in [-0.2, -0.15) is 0 Å². The summed E-state index contributed by atoms with van der Waals surface area (Å²) >= 11 is 0. The fraction of sp³-hybridized carbons (Fsp3) is 0.0566. The Balaban J connectivity index is 1.12. The van der Waals surface area contributed by atoms with Gasteiger partial charge in [0.15, 0.2) is 5.82 Å². The Morgan fingerprint density at radius 1 is 0.327 bits per heavy atom. The number of hydrogen-bond acceptors (Lipinski definition) is 2. The van der Waals surface area contributed by atoms with Gasteiger partial charge in [0.2, 0.25) is 0 Å². The second kappa shape index (κ2) is 13.2. The molecule has 8 aromatic carbocycles. The topological polar surface area (TPSA) is 25.8 Å². The van der Waals surface area contributed by atoms with Crippen LogP contribution in [0.25, 0.3) is 89.2 Å². The van der Waals surface area contributed by atoms with Gasteiger partial charge in [0.05, 0.1) is 11.4 Å². The second-order valence-corrected chi connectivity index (χ2v) is 15.0. The maximum absolute atomic E-state index is 5.31. The van der Waals surface area contributed by atoms with Crippen molar-refractivity contribution in [2.24, 2.45) is 0 Å². The van der Waals surface area contributed by atoms with Crippen LogP contribution in [0.3, 0.4) is 0 Å². The quantitative estimate of drug-likeness (QED) is 0.172. The zero-order valence-electron chi connectivity index (χ0n) is 30.9. The van der Waals surface area contributed by atoms with Crippen molar-refractivity contribution in [3.63, 3.8) is 0 Å². The van der Waals surface area contributed by atoms with E-state index < -0.39 is 0 Å². The Bertz CT molecular complexity index is 2770. The molecule has 9 aromatic rings. The predicted molar refractivity (Wildman–Crippen MR) is 230 cm³/mol. The summed E-state index contributed by atoms with van der Waals surface area (Å²) in [6.07, 6.45) is 0. The number of hydrogen-bond donors (Lipinski definition) is 0. The molecule has 0 bridgehead atoms. The van der Waals surface area contributed by atoms with Crippen molar-refractivity contribution in [1.29, 1.82) is 0 Å². The fourth-order valence-corrected chi connectivity index (χ4v) is 8.52. The van der Waals surface area contributed by atoms with Crippen molar-refractivity contribution in [2.75, 3.05) is 0 Å². The largest absolute Gasteiger partial charge is 0.228 e. The van der Waals surface area contributed by atoms with Crippen molar-refractivity contribution in [3.8, 4) is 78.4 Å². The fourth-order valence-electron chi connectivity index (χ4n) is 8.52.